The highest BCUT2D eigenvalue weighted by atomic mass is 19.3. The van der Waals surface area contributed by atoms with Gasteiger partial charge in [0.15, 0.2) is 0 Å². The van der Waals surface area contributed by atoms with Crippen molar-refractivity contribution < 1.29 is 18.4 Å². The number of carbonyl (C=O) groups is 2. The van der Waals surface area contributed by atoms with Gasteiger partial charge in [-0.3, -0.25) is 9.59 Å². The number of nitrogens with one attached hydrogen (secondary N) is 1. The summed E-state index contributed by atoms with van der Waals surface area (Å²) < 4.78 is 26.5. The summed E-state index contributed by atoms with van der Waals surface area (Å²) in [7, 11) is 0. The van der Waals surface area contributed by atoms with Crippen LogP contribution in [0.3, 0.4) is 0 Å². The summed E-state index contributed by atoms with van der Waals surface area (Å²) in [5.41, 5.74) is -0.838. The zero-order valence-corrected chi connectivity index (χ0v) is 11.2. The Balaban J connectivity index is 1.45. The molecule has 1 saturated heterocycles. The molecule has 1 N–H and O–H groups in total. The van der Waals surface area contributed by atoms with E-state index in [0.29, 0.717) is 32.4 Å². The van der Waals surface area contributed by atoms with E-state index in [4.69, 9.17) is 0 Å². The summed E-state index contributed by atoms with van der Waals surface area (Å²) >= 11 is 0. The van der Waals surface area contributed by atoms with Gasteiger partial charge in [-0.05, 0) is 25.3 Å². The summed E-state index contributed by atoms with van der Waals surface area (Å²) in [6, 6.07) is -0.139. The van der Waals surface area contributed by atoms with E-state index < -0.39 is 11.3 Å². The highest BCUT2D eigenvalue weighted by Crippen LogP contribution is 2.68. The lowest BCUT2D eigenvalue weighted by Crippen LogP contribution is -2.56. The van der Waals surface area contributed by atoms with E-state index in [1.54, 1.807) is 4.90 Å². The topological polar surface area (TPSA) is 49.4 Å². The minimum atomic E-state index is -2.53. The molecule has 2 atom stereocenters. The Kier molecular flexibility index (Phi) is 2.88. The zero-order chi connectivity index (χ0) is 14.5. The number of halogens is 2. The van der Waals surface area contributed by atoms with Gasteiger partial charge in [0.05, 0.1) is 5.92 Å². The molecule has 4 nitrogen and oxygen atoms in total. The fourth-order valence-corrected chi connectivity index (χ4v) is 3.40. The fraction of sp³-hybridized carbons (Fsp3) is 0.714. The van der Waals surface area contributed by atoms with Crippen molar-refractivity contribution in [3.05, 3.63) is 12.7 Å². The maximum Gasteiger partial charge on any atom is 0.254 e. The largest absolute Gasteiger partial charge is 0.353 e. The third-order valence-corrected chi connectivity index (χ3v) is 4.90. The van der Waals surface area contributed by atoms with Crippen molar-refractivity contribution >= 4 is 11.8 Å². The van der Waals surface area contributed by atoms with Crippen LogP contribution in [0.1, 0.15) is 25.7 Å². The van der Waals surface area contributed by atoms with Crippen molar-refractivity contribution in [1.29, 1.82) is 0 Å². The lowest BCUT2D eigenvalue weighted by atomic mass is 9.98. The minimum absolute atomic E-state index is 0.0303. The van der Waals surface area contributed by atoms with E-state index in [9.17, 15) is 18.4 Å². The Morgan fingerprint density at radius 3 is 2.50 bits per heavy atom. The van der Waals surface area contributed by atoms with Crippen LogP contribution in [0.5, 0.6) is 0 Å². The van der Waals surface area contributed by atoms with Gasteiger partial charge in [0.1, 0.15) is 0 Å². The first kappa shape index (κ1) is 13.5. The molecule has 1 aliphatic heterocycles. The Morgan fingerprint density at radius 2 is 2.00 bits per heavy atom. The van der Waals surface area contributed by atoms with Crippen LogP contribution < -0.4 is 5.32 Å². The van der Waals surface area contributed by atoms with Gasteiger partial charge in [-0.2, -0.15) is 0 Å². The molecule has 0 radical (unpaired) electrons. The number of hydrogen-bond acceptors (Lipinski definition) is 2. The number of alkyl halides is 2. The van der Waals surface area contributed by atoms with Crippen LogP contribution in [0.2, 0.25) is 0 Å². The molecule has 0 aromatic carbocycles. The van der Waals surface area contributed by atoms with Crippen molar-refractivity contribution in [1.82, 2.24) is 10.2 Å². The predicted octanol–water partition coefficient (Wildman–Crippen LogP) is 1.32. The van der Waals surface area contributed by atoms with Crippen molar-refractivity contribution in [3.63, 3.8) is 0 Å². The summed E-state index contributed by atoms with van der Waals surface area (Å²) in [4.78, 5) is 24.8. The quantitative estimate of drug-likeness (QED) is 0.795. The summed E-state index contributed by atoms with van der Waals surface area (Å²) in [6.07, 6.45) is 2.70. The maximum atomic E-state index is 13.3. The van der Waals surface area contributed by atoms with Crippen LogP contribution in [0.15, 0.2) is 12.7 Å². The Hall–Kier alpha value is -1.46. The van der Waals surface area contributed by atoms with Crippen LogP contribution in [0.4, 0.5) is 8.78 Å². The number of hydrogen-bond donors (Lipinski definition) is 1. The highest BCUT2D eigenvalue weighted by Gasteiger charge is 2.72. The third kappa shape index (κ3) is 2.01. The number of carbonyl (C=O) groups excluding carboxylic acids is 2. The van der Waals surface area contributed by atoms with Crippen LogP contribution in [-0.2, 0) is 9.59 Å². The van der Waals surface area contributed by atoms with Gasteiger partial charge in [-0.1, -0.05) is 6.58 Å². The van der Waals surface area contributed by atoms with E-state index in [0.717, 1.165) is 0 Å². The van der Waals surface area contributed by atoms with Crippen molar-refractivity contribution in [2.45, 2.75) is 37.6 Å². The number of rotatable bonds is 3. The average Bonchev–Trinajstić information content (AvgIpc) is 2.67. The van der Waals surface area contributed by atoms with Gasteiger partial charge < -0.3 is 10.2 Å². The molecule has 2 aliphatic carbocycles. The predicted molar refractivity (Wildman–Crippen MR) is 68.0 cm³/mol. The highest BCUT2D eigenvalue weighted by molar-refractivity contribution is 5.90. The molecule has 2 unspecified atom stereocenters. The monoisotopic (exact) mass is 284 g/mol. The molecular formula is C14H18F2N2O2. The van der Waals surface area contributed by atoms with Gasteiger partial charge in [0, 0.05) is 31.0 Å². The molecule has 2 saturated carbocycles. The van der Waals surface area contributed by atoms with Crippen LogP contribution in [0.25, 0.3) is 0 Å². The third-order valence-electron chi connectivity index (χ3n) is 4.90. The maximum absolute atomic E-state index is 13.3. The number of likely N-dealkylation sites (tertiary alicyclic amines) is 1. The molecule has 2 amide bonds. The molecule has 1 heterocycles. The molecule has 3 aliphatic rings. The molecule has 20 heavy (non-hydrogen) atoms. The van der Waals surface area contributed by atoms with Crippen LogP contribution in [-0.4, -0.2) is 41.8 Å². The lowest BCUT2D eigenvalue weighted by Gasteiger charge is -2.38. The standard InChI is InChI=1S/C14H18F2N2O2/c1-2-11(19)18-6-9(7-18)12(20)17-10-3-4-13(5-10)8-14(13,15)16/h2,9-10H,1,3-8H2,(H,17,20). The van der Waals surface area contributed by atoms with Crippen LogP contribution in [0, 0.1) is 11.3 Å². The van der Waals surface area contributed by atoms with Crippen molar-refractivity contribution in [3.8, 4) is 0 Å². The van der Waals surface area contributed by atoms with Crippen molar-refractivity contribution in [2.24, 2.45) is 11.3 Å². The van der Waals surface area contributed by atoms with Crippen molar-refractivity contribution in [2.75, 3.05) is 13.1 Å². The number of nitrogens with zero attached hydrogens (tertiary/aromatic N) is 1. The van der Waals surface area contributed by atoms with Crippen LogP contribution >= 0.6 is 0 Å². The molecule has 6 heteroatoms. The molecule has 0 aromatic rings. The second-order valence-corrected chi connectivity index (χ2v) is 6.25. The second kappa shape index (κ2) is 4.27. The molecule has 1 spiro atoms. The summed E-state index contributed by atoms with van der Waals surface area (Å²) in [5, 5.41) is 2.86. The smallest absolute Gasteiger partial charge is 0.254 e. The molecule has 110 valence electrons. The molecule has 3 rings (SSSR count). The molecule has 3 fully saturated rings. The van der Waals surface area contributed by atoms with E-state index in [1.807, 2.05) is 0 Å². The van der Waals surface area contributed by atoms with E-state index in [1.165, 1.54) is 6.08 Å². The summed E-state index contributed by atoms with van der Waals surface area (Å²) in [6.45, 7) is 4.18. The summed E-state index contributed by atoms with van der Waals surface area (Å²) in [5.74, 6) is -3.04. The molecular weight excluding hydrogens is 266 g/mol. The Bertz CT molecular complexity index is 474. The van der Waals surface area contributed by atoms with Gasteiger partial charge in [0.25, 0.3) is 5.92 Å². The minimum Gasteiger partial charge on any atom is -0.353 e. The molecule has 0 aromatic heterocycles. The number of amides is 2. The second-order valence-electron chi connectivity index (χ2n) is 6.25. The zero-order valence-electron chi connectivity index (χ0n) is 11.2. The van der Waals surface area contributed by atoms with E-state index >= 15 is 0 Å². The SMILES string of the molecule is C=CC(=O)N1CC(C(=O)NC2CCC3(C2)CC3(F)F)C1. The average molecular weight is 284 g/mol. The van der Waals surface area contributed by atoms with Gasteiger partial charge in [-0.15, -0.1) is 0 Å². The van der Waals surface area contributed by atoms with Gasteiger partial charge in [-0.25, -0.2) is 8.78 Å². The molecule has 0 bridgehead atoms. The van der Waals surface area contributed by atoms with E-state index in [2.05, 4.69) is 11.9 Å². The first-order valence-electron chi connectivity index (χ1n) is 6.96. The van der Waals surface area contributed by atoms with Gasteiger partial charge >= 0.3 is 0 Å². The van der Waals surface area contributed by atoms with Gasteiger partial charge in [0.2, 0.25) is 11.8 Å². The first-order valence-corrected chi connectivity index (χ1v) is 6.96. The normalized spacial score (nSPS) is 34.7. The Morgan fingerprint density at radius 1 is 1.35 bits per heavy atom. The fourth-order valence-electron chi connectivity index (χ4n) is 3.40. The lowest BCUT2D eigenvalue weighted by molar-refractivity contribution is -0.139. The van der Waals surface area contributed by atoms with E-state index in [-0.39, 0.29) is 30.2 Å². The Labute approximate surface area is 116 Å². The first-order chi connectivity index (χ1) is 9.37.